The van der Waals surface area contributed by atoms with Gasteiger partial charge in [-0.2, -0.15) is 5.10 Å². The van der Waals surface area contributed by atoms with Gasteiger partial charge in [0.25, 0.3) is 0 Å². The number of aryl methyl sites for hydroxylation is 1. The van der Waals surface area contributed by atoms with Crippen LogP contribution in [0.15, 0.2) is 42.7 Å². The first-order chi connectivity index (χ1) is 15.1. The molecule has 3 aromatic rings. The number of morpholine rings is 1. The summed E-state index contributed by atoms with van der Waals surface area (Å²) in [5.74, 6) is 1.65. The fraction of sp³-hybridized carbons (Fsp3) is 0.391. The number of ether oxygens (including phenoxy) is 1. The third-order valence-electron chi connectivity index (χ3n) is 5.57. The number of carbonyl (C=O) groups excluding carboxylic acids is 1. The minimum atomic E-state index is 0.0343. The lowest BCUT2D eigenvalue weighted by atomic mass is 10.1. The molecule has 1 fully saturated rings. The van der Waals surface area contributed by atoms with Crippen molar-refractivity contribution in [1.82, 2.24) is 25.1 Å². The maximum atomic E-state index is 12.3. The van der Waals surface area contributed by atoms with Crippen molar-refractivity contribution in [1.29, 1.82) is 0 Å². The first kappa shape index (κ1) is 21.0. The molecule has 1 aliphatic rings. The molecule has 8 heteroatoms. The van der Waals surface area contributed by atoms with Gasteiger partial charge in [0, 0.05) is 37.8 Å². The highest BCUT2D eigenvalue weighted by atomic mass is 16.5. The topological polar surface area (TPSA) is 85.2 Å². The SMILES string of the molecule is Cc1nn(-c2cc(N3CCOCC3)ncn2)c(C)c1CCC(=O)NCc1ccccc1. The first-order valence-electron chi connectivity index (χ1n) is 10.6. The molecule has 162 valence electrons. The molecule has 3 heterocycles. The second-order valence-corrected chi connectivity index (χ2v) is 7.66. The number of aromatic nitrogens is 4. The Labute approximate surface area is 182 Å². The Balaban J connectivity index is 1.42. The summed E-state index contributed by atoms with van der Waals surface area (Å²) in [7, 11) is 0. The fourth-order valence-corrected chi connectivity index (χ4v) is 3.80. The van der Waals surface area contributed by atoms with Crippen LogP contribution < -0.4 is 10.2 Å². The number of rotatable bonds is 7. The van der Waals surface area contributed by atoms with E-state index in [4.69, 9.17) is 4.74 Å². The third kappa shape index (κ3) is 5.08. The van der Waals surface area contributed by atoms with E-state index in [1.807, 2.05) is 54.9 Å². The fourth-order valence-electron chi connectivity index (χ4n) is 3.80. The van der Waals surface area contributed by atoms with Gasteiger partial charge in [0.05, 0.1) is 18.9 Å². The predicted octanol–water partition coefficient (Wildman–Crippen LogP) is 2.36. The second kappa shape index (κ2) is 9.70. The Morgan fingerprint density at radius 3 is 2.61 bits per heavy atom. The van der Waals surface area contributed by atoms with Crippen LogP contribution in [0.3, 0.4) is 0 Å². The molecule has 2 aromatic heterocycles. The van der Waals surface area contributed by atoms with Crippen LogP contribution in [0.5, 0.6) is 0 Å². The molecule has 0 bridgehead atoms. The van der Waals surface area contributed by atoms with Gasteiger partial charge in [0.2, 0.25) is 5.91 Å². The quantitative estimate of drug-likeness (QED) is 0.632. The van der Waals surface area contributed by atoms with Crippen LogP contribution in [-0.4, -0.2) is 52.0 Å². The minimum absolute atomic E-state index is 0.0343. The summed E-state index contributed by atoms with van der Waals surface area (Å²) in [5, 5.41) is 7.68. The number of benzene rings is 1. The van der Waals surface area contributed by atoms with E-state index in [1.54, 1.807) is 6.33 Å². The largest absolute Gasteiger partial charge is 0.378 e. The molecule has 8 nitrogen and oxygen atoms in total. The summed E-state index contributed by atoms with van der Waals surface area (Å²) >= 11 is 0. The number of nitrogens with one attached hydrogen (secondary N) is 1. The van der Waals surface area contributed by atoms with E-state index >= 15 is 0 Å². The lowest BCUT2D eigenvalue weighted by Crippen LogP contribution is -2.36. The molecule has 1 aromatic carbocycles. The zero-order valence-corrected chi connectivity index (χ0v) is 18.0. The van der Waals surface area contributed by atoms with E-state index < -0.39 is 0 Å². The Bertz CT molecular complexity index is 1030. The Hall–Kier alpha value is -3.26. The van der Waals surface area contributed by atoms with Gasteiger partial charge >= 0.3 is 0 Å². The van der Waals surface area contributed by atoms with Gasteiger partial charge in [0.1, 0.15) is 12.1 Å². The van der Waals surface area contributed by atoms with Crippen molar-refractivity contribution in [3.8, 4) is 5.82 Å². The van der Waals surface area contributed by atoms with Gasteiger partial charge in [-0.05, 0) is 31.4 Å². The van der Waals surface area contributed by atoms with Crippen LogP contribution in [0.4, 0.5) is 5.82 Å². The summed E-state index contributed by atoms with van der Waals surface area (Å²) in [6.45, 7) is 7.58. The molecule has 0 unspecified atom stereocenters. The minimum Gasteiger partial charge on any atom is -0.378 e. The molecule has 0 atom stereocenters. The number of hydrogen-bond donors (Lipinski definition) is 1. The third-order valence-corrected chi connectivity index (χ3v) is 5.57. The molecular formula is C23H28N6O2. The van der Waals surface area contributed by atoms with Crippen molar-refractivity contribution in [2.24, 2.45) is 0 Å². The summed E-state index contributed by atoms with van der Waals surface area (Å²) in [5.41, 5.74) is 4.09. The van der Waals surface area contributed by atoms with Gasteiger partial charge in [-0.1, -0.05) is 30.3 Å². The van der Waals surface area contributed by atoms with Crippen molar-refractivity contribution in [2.45, 2.75) is 33.2 Å². The Morgan fingerprint density at radius 2 is 1.84 bits per heavy atom. The molecule has 1 N–H and O–H groups in total. The van der Waals surface area contributed by atoms with Crippen molar-refractivity contribution >= 4 is 11.7 Å². The molecule has 31 heavy (non-hydrogen) atoms. The number of hydrogen-bond acceptors (Lipinski definition) is 6. The Morgan fingerprint density at radius 1 is 1.10 bits per heavy atom. The van der Waals surface area contributed by atoms with Crippen LogP contribution in [0.2, 0.25) is 0 Å². The molecule has 0 radical (unpaired) electrons. The van der Waals surface area contributed by atoms with Gasteiger partial charge in [-0.15, -0.1) is 0 Å². The van der Waals surface area contributed by atoms with E-state index in [0.29, 0.717) is 32.6 Å². The maximum absolute atomic E-state index is 12.3. The highest BCUT2D eigenvalue weighted by Gasteiger charge is 2.17. The molecule has 4 rings (SSSR count). The van der Waals surface area contributed by atoms with Crippen molar-refractivity contribution in [3.63, 3.8) is 0 Å². The van der Waals surface area contributed by atoms with Crippen LogP contribution in [0.25, 0.3) is 5.82 Å². The monoisotopic (exact) mass is 420 g/mol. The normalized spacial score (nSPS) is 13.9. The van der Waals surface area contributed by atoms with Crippen molar-refractivity contribution in [2.75, 3.05) is 31.2 Å². The highest BCUT2D eigenvalue weighted by Crippen LogP contribution is 2.21. The van der Waals surface area contributed by atoms with Gasteiger partial charge in [-0.3, -0.25) is 4.79 Å². The highest BCUT2D eigenvalue weighted by molar-refractivity contribution is 5.76. The molecule has 1 saturated heterocycles. The zero-order valence-electron chi connectivity index (χ0n) is 18.0. The average molecular weight is 421 g/mol. The summed E-state index contributed by atoms with van der Waals surface area (Å²) in [6, 6.07) is 11.9. The van der Waals surface area contributed by atoms with E-state index in [2.05, 4.69) is 25.3 Å². The van der Waals surface area contributed by atoms with Gasteiger partial charge in [-0.25, -0.2) is 14.6 Å². The lowest BCUT2D eigenvalue weighted by Gasteiger charge is -2.27. The number of anilines is 1. The number of nitrogens with zero attached hydrogens (tertiary/aromatic N) is 5. The van der Waals surface area contributed by atoms with Gasteiger partial charge in [0.15, 0.2) is 5.82 Å². The van der Waals surface area contributed by atoms with Crippen LogP contribution in [-0.2, 0) is 22.5 Å². The lowest BCUT2D eigenvalue weighted by molar-refractivity contribution is -0.121. The summed E-state index contributed by atoms with van der Waals surface area (Å²) < 4.78 is 7.27. The maximum Gasteiger partial charge on any atom is 0.220 e. The average Bonchev–Trinajstić information content (AvgIpc) is 3.11. The van der Waals surface area contributed by atoms with Crippen LogP contribution in [0.1, 0.15) is 28.9 Å². The molecule has 0 spiro atoms. The Kier molecular flexibility index (Phi) is 6.57. The van der Waals surface area contributed by atoms with Gasteiger partial charge < -0.3 is 15.0 Å². The van der Waals surface area contributed by atoms with E-state index in [1.165, 1.54) is 0 Å². The van der Waals surface area contributed by atoms with E-state index in [0.717, 1.165) is 47.2 Å². The number of carbonyl (C=O) groups is 1. The summed E-state index contributed by atoms with van der Waals surface area (Å²) in [6.07, 6.45) is 2.63. The molecule has 1 amide bonds. The first-order valence-corrected chi connectivity index (χ1v) is 10.6. The van der Waals surface area contributed by atoms with Crippen molar-refractivity contribution < 1.29 is 9.53 Å². The zero-order chi connectivity index (χ0) is 21.6. The van der Waals surface area contributed by atoms with Crippen LogP contribution in [0, 0.1) is 13.8 Å². The molecule has 0 aliphatic carbocycles. The van der Waals surface area contributed by atoms with E-state index in [-0.39, 0.29) is 5.91 Å². The summed E-state index contributed by atoms with van der Waals surface area (Å²) in [4.78, 5) is 23.4. The predicted molar refractivity (Wildman–Crippen MR) is 118 cm³/mol. The van der Waals surface area contributed by atoms with Crippen LogP contribution >= 0.6 is 0 Å². The molecule has 0 saturated carbocycles. The molecule has 1 aliphatic heterocycles. The standard InChI is InChI=1S/C23H28N6O2/c1-17-20(8-9-23(30)24-15-19-6-4-3-5-7-19)18(2)29(27-17)22-14-21(25-16-26-22)28-10-12-31-13-11-28/h3-7,14,16H,8-13,15H2,1-2H3,(H,24,30). The smallest absolute Gasteiger partial charge is 0.220 e. The molecular weight excluding hydrogens is 392 g/mol. The van der Waals surface area contributed by atoms with Crippen molar-refractivity contribution in [3.05, 3.63) is 65.2 Å². The second-order valence-electron chi connectivity index (χ2n) is 7.66. The number of amides is 1. The van der Waals surface area contributed by atoms with E-state index in [9.17, 15) is 4.79 Å².